The van der Waals surface area contributed by atoms with Gasteiger partial charge in [0.05, 0.1) is 19.6 Å². The van der Waals surface area contributed by atoms with Crippen LogP contribution in [-0.4, -0.2) is 48.3 Å². The van der Waals surface area contributed by atoms with Gasteiger partial charge in [0.15, 0.2) is 0 Å². The molecule has 0 heterocycles. The van der Waals surface area contributed by atoms with E-state index in [1.165, 1.54) is 153 Å². The van der Waals surface area contributed by atoms with Crippen molar-refractivity contribution >= 4 is 0 Å². The molecule has 0 rings (SSSR count). The minimum absolute atomic E-state index is 0.673. The molecule has 0 aliphatic rings. The van der Waals surface area contributed by atoms with Gasteiger partial charge in [0.1, 0.15) is 6.17 Å². The van der Waals surface area contributed by atoms with Crippen molar-refractivity contribution < 1.29 is 4.48 Å². The fourth-order valence-electron chi connectivity index (χ4n) is 5.62. The summed E-state index contributed by atoms with van der Waals surface area (Å²) in [6, 6.07) is 0. The molecule has 0 spiro atoms. The molecule has 0 fully saturated rings. The molecule has 2 nitrogen and oxygen atoms in total. The van der Waals surface area contributed by atoms with Gasteiger partial charge in [-0.3, -0.25) is 4.90 Å². The number of hydrogen-bond acceptors (Lipinski definition) is 1. The molecular formula is C30H65N2+. The lowest BCUT2D eigenvalue weighted by Gasteiger charge is -2.48. The van der Waals surface area contributed by atoms with Crippen molar-refractivity contribution in [1.82, 2.24) is 4.90 Å². The van der Waals surface area contributed by atoms with Crippen LogP contribution in [0.3, 0.4) is 0 Å². The molecule has 194 valence electrons. The van der Waals surface area contributed by atoms with Crippen molar-refractivity contribution in [3.05, 3.63) is 0 Å². The fraction of sp³-hybridized carbons (Fsp3) is 1.00. The van der Waals surface area contributed by atoms with E-state index in [9.17, 15) is 0 Å². The summed E-state index contributed by atoms with van der Waals surface area (Å²) in [6.07, 6.45) is 26.3. The summed E-state index contributed by atoms with van der Waals surface area (Å²) in [5.74, 6) is 0. The molecule has 0 radical (unpaired) electrons. The molecule has 0 amide bonds. The number of hydrogen-bond donors (Lipinski definition) is 0. The average molecular weight is 454 g/mol. The first-order valence-electron chi connectivity index (χ1n) is 15.2. The summed E-state index contributed by atoms with van der Waals surface area (Å²) in [5.41, 5.74) is 0. The highest BCUT2D eigenvalue weighted by molar-refractivity contribution is 4.61. The maximum atomic E-state index is 2.76. The van der Waals surface area contributed by atoms with E-state index < -0.39 is 0 Å². The molecule has 1 atom stereocenters. The topological polar surface area (TPSA) is 3.24 Å². The van der Waals surface area contributed by atoms with Gasteiger partial charge >= 0.3 is 0 Å². The average Bonchev–Trinajstić information content (AvgIpc) is 2.80. The van der Waals surface area contributed by atoms with E-state index in [2.05, 4.69) is 46.4 Å². The largest absolute Gasteiger partial charge is 0.309 e. The van der Waals surface area contributed by atoms with Crippen molar-refractivity contribution in [2.75, 3.05) is 32.7 Å². The third kappa shape index (κ3) is 14.9. The molecule has 0 aliphatic carbocycles. The first-order chi connectivity index (χ1) is 15.6. The monoisotopic (exact) mass is 454 g/mol. The Morgan fingerprint density at radius 3 is 1.00 bits per heavy atom. The van der Waals surface area contributed by atoms with Crippen LogP contribution in [0.5, 0.6) is 0 Å². The standard InChI is InChI=1S/C30H65N2/c1-7-12-15-18-21-24-27-32(30(6)31(10-4)11-5,28-25-22-19-16-13-8-2)29-26-23-20-17-14-9-3/h30H,7-29H2,1-6H3/q+1. The van der Waals surface area contributed by atoms with E-state index in [1.807, 2.05) is 0 Å². The second-order valence-corrected chi connectivity index (χ2v) is 10.5. The zero-order chi connectivity index (χ0) is 23.9. The fourth-order valence-corrected chi connectivity index (χ4v) is 5.62. The zero-order valence-electron chi connectivity index (χ0n) is 23.7. The molecule has 0 aromatic rings. The molecule has 0 saturated heterocycles. The lowest BCUT2D eigenvalue weighted by Crippen LogP contribution is -2.62. The van der Waals surface area contributed by atoms with E-state index in [-0.39, 0.29) is 0 Å². The number of unbranched alkanes of at least 4 members (excludes halogenated alkanes) is 15. The summed E-state index contributed by atoms with van der Waals surface area (Å²) < 4.78 is 1.37. The molecule has 0 saturated carbocycles. The molecule has 0 aliphatic heterocycles. The lowest BCUT2D eigenvalue weighted by molar-refractivity contribution is -0.961. The summed E-state index contributed by atoms with van der Waals surface area (Å²) >= 11 is 0. The van der Waals surface area contributed by atoms with Crippen LogP contribution >= 0.6 is 0 Å². The second-order valence-electron chi connectivity index (χ2n) is 10.5. The van der Waals surface area contributed by atoms with Crippen LogP contribution < -0.4 is 0 Å². The zero-order valence-corrected chi connectivity index (χ0v) is 23.7. The van der Waals surface area contributed by atoms with E-state index in [0.717, 1.165) is 0 Å². The number of quaternary nitrogens is 1. The molecule has 32 heavy (non-hydrogen) atoms. The molecule has 0 aromatic carbocycles. The van der Waals surface area contributed by atoms with Crippen LogP contribution in [-0.2, 0) is 0 Å². The summed E-state index contributed by atoms with van der Waals surface area (Å²) in [5, 5.41) is 0. The van der Waals surface area contributed by atoms with Gasteiger partial charge in [0.25, 0.3) is 0 Å². The Morgan fingerprint density at radius 1 is 0.438 bits per heavy atom. The van der Waals surface area contributed by atoms with Crippen LogP contribution in [0.4, 0.5) is 0 Å². The third-order valence-electron chi connectivity index (χ3n) is 8.00. The van der Waals surface area contributed by atoms with Gasteiger partial charge in [-0.05, 0) is 38.5 Å². The first-order valence-corrected chi connectivity index (χ1v) is 15.2. The first kappa shape index (κ1) is 31.9. The van der Waals surface area contributed by atoms with E-state index in [1.54, 1.807) is 0 Å². The van der Waals surface area contributed by atoms with Crippen molar-refractivity contribution in [2.45, 2.75) is 163 Å². The van der Waals surface area contributed by atoms with Gasteiger partial charge in [-0.2, -0.15) is 0 Å². The van der Waals surface area contributed by atoms with Gasteiger partial charge < -0.3 is 4.48 Å². The van der Waals surface area contributed by atoms with Crippen LogP contribution in [0.1, 0.15) is 157 Å². The lowest BCUT2D eigenvalue weighted by atomic mass is 10.0. The van der Waals surface area contributed by atoms with E-state index in [4.69, 9.17) is 0 Å². The highest BCUT2D eigenvalue weighted by Crippen LogP contribution is 2.24. The van der Waals surface area contributed by atoms with E-state index >= 15 is 0 Å². The van der Waals surface area contributed by atoms with E-state index in [0.29, 0.717) is 6.17 Å². The van der Waals surface area contributed by atoms with Gasteiger partial charge in [0, 0.05) is 20.0 Å². The Morgan fingerprint density at radius 2 is 0.719 bits per heavy atom. The summed E-state index contributed by atoms with van der Waals surface area (Å²) in [6.45, 7) is 20.9. The SMILES string of the molecule is CCCCCCCC[N+](CCCCCCCC)(CCCCCCCC)C(C)N(CC)CC. The van der Waals surface area contributed by atoms with Gasteiger partial charge in [-0.1, -0.05) is 112 Å². The highest BCUT2D eigenvalue weighted by Gasteiger charge is 2.35. The molecule has 0 N–H and O–H groups in total. The quantitative estimate of drug-likeness (QED) is 0.0755. The minimum Gasteiger partial charge on any atom is -0.309 e. The third-order valence-corrected chi connectivity index (χ3v) is 8.00. The van der Waals surface area contributed by atoms with Crippen molar-refractivity contribution in [3.8, 4) is 0 Å². The predicted octanol–water partition coefficient (Wildman–Crippen LogP) is 9.57. The van der Waals surface area contributed by atoms with Crippen LogP contribution in [0, 0.1) is 0 Å². The van der Waals surface area contributed by atoms with Crippen molar-refractivity contribution in [3.63, 3.8) is 0 Å². The van der Waals surface area contributed by atoms with Crippen molar-refractivity contribution in [2.24, 2.45) is 0 Å². The normalized spacial score (nSPS) is 13.2. The van der Waals surface area contributed by atoms with Gasteiger partial charge in [-0.25, -0.2) is 0 Å². The Hall–Kier alpha value is -0.0800. The number of rotatable bonds is 25. The van der Waals surface area contributed by atoms with Crippen LogP contribution in [0.15, 0.2) is 0 Å². The highest BCUT2D eigenvalue weighted by atomic mass is 15.5. The Kier molecular flexibility index (Phi) is 22.6. The Labute approximate surface area is 205 Å². The smallest absolute Gasteiger partial charge is 0.142 e. The van der Waals surface area contributed by atoms with Crippen molar-refractivity contribution in [1.29, 1.82) is 0 Å². The second kappa shape index (κ2) is 22.7. The molecule has 1 unspecified atom stereocenters. The Balaban J connectivity index is 5.08. The molecular weight excluding hydrogens is 388 g/mol. The molecule has 0 aromatic heterocycles. The summed E-state index contributed by atoms with van der Waals surface area (Å²) in [7, 11) is 0. The maximum Gasteiger partial charge on any atom is 0.142 e. The molecule has 0 bridgehead atoms. The predicted molar refractivity (Wildman–Crippen MR) is 147 cm³/mol. The Bertz CT molecular complexity index is 323. The van der Waals surface area contributed by atoms with Gasteiger partial charge in [0.2, 0.25) is 0 Å². The summed E-state index contributed by atoms with van der Waals surface area (Å²) in [4.78, 5) is 2.76. The van der Waals surface area contributed by atoms with Gasteiger partial charge in [-0.15, -0.1) is 0 Å². The number of nitrogens with zero attached hydrogens (tertiary/aromatic N) is 2. The van der Waals surface area contributed by atoms with Crippen LogP contribution in [0.2, 0.25) is 0 Å². The van der Waals surface area contributed by atoms with Crippen LogP contribution in [0.25, 0.3) is 0 Å². The minimum atomic E-state index is 0.673. The molecule has 2 heteroatoms. The maximum absolute atomic E-state index is 2.76.